The smallest absolute Gasteiger partial charge is 1.00 e. The van der Waals surface area contributed by atoms with Crippen LogP contribution in [0.1, 0.15) is 162 Å². The number of hydrogen-bond acceptors (Lipinski definition) is 0. The molecule has 0 saturated heterocycles. The molecule has 66 heavy (non-hydrogen) atoms. The van der Waals surface area contributed by atoms with E-state index < -0.39 is 0 Å². The fraction of sp³-hybridized carbons (Fsp3) is 0.379. The second-order valence-electron chi connectivity index (χ2n) is 18.3. The Hall–Kier alpha value is -3.37. The predicted molar refractivity (Wildman–Crippen MR) is 285 cm³/mol. The van der Waals surface area contributed by atoms with E-state index in [-0.39, 0.29) is 70.9 Å². The molecule has 5 rings (SSSR count). The average molecular weight is 951 g/mol. The molecule has 8 heteroatoms. The normalized spacial score (nSPS) is 11.6. The first-order valence-electron chi connectivity index (χ1n) is 22.6. The minimum atomic E-state index is 0. The summed E-state index contributed by atoms with van der Waals surface area (Å²) in [5.74, 6) is 1.89. The standard InChI is InChI=1S/2C26H35N2.C6H6.2ClH.2Mg/c2*1-16(2)23-11-10-12-24(17(3)4)26(23)28-22(9)15-21(8)27-25-19(6)13-18(5)14-20(25)7;1-2-4-6-5-3-1;;;;/h2*10-17H,1-9H3;1-6H;2*1H;;/q2*-1;;;;2*+2/b2*21-15-,28-22?;;;;;. The van der Waals surface area contributed by atoms with Crippen LogP contribution in [0, 0.1) is 41.5 Å². The van der Waals surface area contributed by atoms with Crippen molar-refractivity contribution in [2.75, 3.05) is 0 Å². The van der Waals surface area contributed by atoms with Gasteiger partial charge in [0.1, 0.15) is 0 Å². The minimum absolute atomic E-state index is 0. The SMILES string of the molecule is CC(/C=C(/C)[N-]c1c(C)cc(C)cc1C)=[NH+]c1c(C(C)C)cccc1C(C)C.CC(/C=C(/C)[N-]c1c(C)cc(C)cc1C)=[NH+]c1c(C(C)C)cccc1C(C)C.[Cl-].[Cl-].[Mg+2].[Mg+2].c1ccccc1. The van der Waals surface area contributed by atoms with Crippen molar-refractivity contribution in [1.29, 1.82) is 0 Å². The zero-order valence-corrected chi connectivity index (χ0v) is 48.1. The first-order chi connectivity index (χ1) is 29.2. The molecule has 2 N–H and O–H groups in total. The molecule has 0 saturated carbocycles. The van der Waals surface area contributed by atoms with Crippen molar-refractivity contribution in [1.82, 2.24) is 0 Å². The van der Waals surface area contributed by atoms with Gasteiger partial charge < -0.3 is 35.4 Å². The number of rotatable bonds is 12. The molecule has 0 radical (unpaired) electrons. The maximum absolute atomic E-state index is 4.90. The fourth-order valence-corrected chi connectivity index (χ4v) is 7.98. The van der Waals surface area contributed by atoms with E-state index in [1.54, 1.807) is 0 Å². The van der Waals surface area contributed by atoms with Gasteiger partial charge in [0.05, 0.1) is 0 Å². The van der Waals surface area contributed by atoms with E-state index in [1.165, 1.54) is 67.0 Å². The van der Waals surface area contributed by atoms with Gasteiger partial charge in [-0.25, -0.2) is 9.98 Å². The van der Waals surface area contributed by atoms with Crippen molar-refractivity contribution in [3.05, 3.63) is 187 Å². The van der Waals surface area contributed by atoms with E-state index in [0.29, 0.717) is 23.7 Å². The summed E-state index contributed by atoms with van der Waals surface area (Å²) in [6, 6.07) is 34.0. The number of aryl methyl sites for hydroxylation is 6. The van der Waals surface area contributed by atoms with Crippen LogP contribution in [0.3, 0.4) is 0 Å². The van der Waals surface area contributed by atoms with Crippen LogP contribution in [-0.4, -0.2) is 57.5 Å². The summed E-state index contributed by atoms with van der Waals surface area (Å²) in [5.41, 5.74) is 21.8. The molecule has 5 aromatic carbocycles. The third kappa shape index (κ3) is 20.5. The zero-order chi connectivity index (χ0) is 46.3. The zero-order valence-electron chi connectivity index (χ0n) is 43.8. The van der Waals surface area contributed by atoms with Crippen LogP contribution in [0.4, 0.5) is 22.7 Å². The molecule has 0 amide bonds. The molecule has 0 unspecified atom stereocenters. The molecule has 346 valence electrons. The molecule has 0 aliphatic heterocycles. The van der Waals surface area contributed by atoms with Crippen molar-refractivity contribution in [3.63, 3.8) is 0 Å². The number of hydrogen-bond donors (Lipinski definition) is 2. The molecular formula is C58H78Cl2Mg2N4+2. The summed E-state index contributed by atoms with van der Waals surface area (Å²) in [7, 11) is 0. The van der Waals surface area contributed by atoms with Gasteiger partial charge in [-0.15, -0.1) is 11.4 Å². The van der Waals surface area contributed by atoms with Crippen LogP contribution in [0.5, 0.6) is 0 Å². The number of nitrogens with one attached hydrogen (secondary N) is 2. The first kappa shape index (κ1) is 64.7. The molecule has 0 spiro atoms. The summed E-state index contributed by atoms with van der Waals surface area (Å²) in [6.07, 6.45) is 4.28. The van der Waals surface area contributed by atoms with Crippen molar-refractivity contribution < 1.29 is 34.8 Å². The maximum Gasteiger partial charge on any atom is 2.00 e. The van der Waals surface area contributed by atoms with E-state index in [4.69, 9.17) is 10.6 Å². The van der Waals surface area contributed by atoms with Gasteiger partial charge in [0.25, 0.3) is 0 Å². The van der Waals surface area contributed by atoms with Crippen molar-refractivity contribution >= 4 is 80.3 Å². The topological polar surface area (TPSA) is 56.1 Å². The van der Waals surface area contributed by atoms with E-state index in [1.807, 2.05) is 36.4 Å². The molecule has 0 fully saturated rings. The Morgan fingerprint density at radius 3 is 0.848 bits per heavy atom. The van der Waals surface area contributed by atoms with Gasteiger partial charge in [-0.2, -0.15) is 11.4 Å². The second-order valence-corrected chi connectivity index (χ2v) is 18.3. The Balaban J connectivity index is 0. The van der Waals surface area contributed by atoms with Crippen LogP contribution in [0.2, 0.25) is 0 Å². The number of benzene rings is 5. The van der Waals surface area contributed by atoms with Crippen LogP contribution >= 0.6 is 0 Å². The quantitative estimate of drug-likeness (QED) is 0.0937. The Kier molecular flexibility index (Phi) is 31.0. The first-order valence-corrected chi connectivity index (χ1v) is 22.6. The minimum Gasteiger partial charge on any atom is -1.00 e. The third-order valence-corrected chi connectivity index (χ3v) is 10.8. The van der Waals surface area contributed by atoms with Crippen LogP contribution in [0.25, 0.3) is 10.6 Å². The van der Waals surface area contributed by atoms with Gasteiger partial charge in [-0.1, -0.05) is 200 Å². The van der Waals surface area contributed by atoms with Gasteiger partial charge >= 0.3 is 46.1 Å². The molecule has 5 aromatic rings. The van der Waals surface area contributed by atoms with E-state index in [9.17, 15) is 0 Å². The average Bonchev–Trinajstić information content (AvgIpc) is 3.18. The van der Waals surface area contributed by atoms with Crippen LogP contribution < -0.4 is 34.8 Å². The number of para-hydroxylation sites is 2. The third-order valence-electron chi connectivity index (χ3n) is 10.8. The Morgan fingerprint density at radius 2 is 0.636 bits per heavy atom. The number of halogens is 2. The summed E-state index contributed by atoms with van der Waals surface area (Å²) in [6.45, 7) is 39.2. The molecule has 0 aliphatic rings. The maximum atomic E-state index is 4.90. The van der Waals surface area contributed by atoms with Gasteiger partial charge in [0.2, 0.25) is 11.4 Å². The fourth-order valence-electron chi connectivity index (χ4n) is 7.98. The number of nitrogens with zero attached hydrogens (tertiary/aromatic N) is 2. The van der Waals surface area contributed by atoms with Gasteiger partial charge in [0.15, 0.2) is 11.4 Å². The second kappa shape index (κ2) is 31.6. The molecule has 0 heterocycles. The van der Waals surface area contributed by atoms with Gasteiger partial charge in [-0.05, 0) is 77.4 Å². The summed E-state index contributed by atoms with van der Waals surface area (Å²) >= 11 is 0. The predicted octanol–water partition coefficient (Wildman–Crippen LogP) is 8.21. The number of allylic oxidation sites excluding steroid dienone is 4. The van der Waals surface area contributed by atoms with E-state index >= 15 is 0 Å². The monoisotopic (exact) mass is 949 g/mol. The summed E-state index contributed by atoms with van der Waals surface area (Å²) in [5, 5.41) is 9.79. The molecule has 0 aliphatic carbocycles. The van der Waals surface area contributed by atoms with Gasteiger partial charge in [-0.3, -0.25) is 0 Å². The summed E-state index contributed by atoms with van der Waals surface area (Å²) < 4.78 is 0. The largest absolute Gasteiger partial charge is 2.00 e. The van der Waals surface area contributed by atoms with Crippen molar-refractivity contribution in [2.45, 2.75) is 148 Å². The Labute approximate surface area is 446 Å². The molecule has 4 nitrogen and oxygen atoms in total. The van der Waals surface area contributed by atoms with Crippen LogP contribution in [-0.2, 0) is 0 Å². The molecule has 0 aromatic heterocycles. The molecule has 0 bridgehead atoms. The van der Waals surface area contributed by atoms with E-state index in [0.717, 1.165) is 34.2 Å². The Morgan fingerprint density at radius 1 is 0.409 bits per heavy atom. The summed E-state index contributed by atoms with van der Waals surface area (Å²) in [4.78, 5) is 7.35. The van der Waals surface area contributed by atoms with Crippen molar-refractivity contribution in [2.24, 2.45) is 0 Å². The van der Waals surface area contributed by atoms with Crippen LogP contribution in [0.15, 0.2) is 121 Å². The molecule has 0 atom stereocenters. The van der Waals surface area contributed by atoms with E-state index in [2.05, 4.69) is 207 Å². The Bertz CT molecular complexity index is 2100. The molecular weight excluding hydrogens is 872 g/mol. The van der Waals surface area contributed by atoms with Crippen molar-refractivity contribution in [3.8, 4) is 0 Å². The van der Waals surface area contributed by atoms with Gasteiger partial charge in [0, 0.05) is 36.1 Å².